The first-order chi connectivity index (χ1) is 7.13. The second-order valence-electron chi connectivity index (χ2n) is 2.83. The normalized spacial score (nSPS) is 9.13. The van der Waals surface area contributed by atoms with E-state index in [1.807, 2.05) is 33.8 Å². The van der Waals surface area contributed by atoms with Crippen LogP contribution in [0.25, 0.3) is 0 Å². The van der Waals surface area contributed by atoms with Gasteiger partial charge in [0.25, 0.3) is 0 Å². The van der Waals surface area contributed by atoms with Crippen LogP contribution < -0.4 is 0 Å². The number of allylic oxidation sites excluding steroid dienone is 2. The van der Waals surface area contributed by atoms with E-state index in [2.05, 4.69) is 13.8 Å². The van der Waals surface area contributed by atoms with Gasteiger partial charge >= 0.3 is 0 Å². The van der Waals surface area contributed by atoms with E-state index >= 15 is 0 Å². The second kappa shape index (κ2) is 18.9. The Bertz CT molecular complexity index is 151. The third-order valence-corrected chi connectivity index (χ3v) is 1.09. The monoisotopic (exact) mass is 215 g/mol. The first-order valence-electron chi connectivity index (χ1n) is 5.98. The first kappa shape index (κ1) is 19.7. The maximum Gasteiger partial charge on any atom is 0.135 e. The van der Waals surface area contributed by atoms with E-state index < -0.39 is 0 Å². The van der Waals surface area contributed by atoms with Crippen LogP contribution in [0.5, 0.6) is 0 Å². The van der Waals surface area contributed by atoms with Crippen molar-refractivity contribution in [3.05, 3.63) is 11.8 Å². The summed E-state index contributed by atoms with van der Waals surface area (Å²) >= 11 is 0. The molecule has 0 aromatic rings. The van der Waals surface area contributed by atoms with E-state index in [9.17, 15) is 0 Å². The van der Waals surface area contributed by atoms with Crippen LogP contribution in [0.1, 0.15) is 61.3 Å². The molecule has 0 saturated heterocycles. The molecule has 0 rings (SSSR count). The molecule has 15 heavy (non-hydrogen) atoms. The Kier molecular flexibility index (Phi) is 24.9. The van der Waals surface area contributed by atoms with Gasteiger partial charge in [-0.05, 0) is 26.3 Å². The highest BCUT2D eigenvalue weighted by Crippen LogP contribution is 1.99. The maximum absolute atomic E-state index is 7.24. The van der Waals surface area contributed by atoms with Gasteiger partial charge in [0.05, 0.1) is 12.3 Å². The summed E-state index contributed by atoms with van der Waals surface area (Å²) in [6, 6.07) is 0. The summed E-state index contributed by atoms with van der Waals surface area (Å²) in [5, 5.41) is 7.24. The molecule has 0 radical (unpaired) electrons. The van der Waals surface area contributed by atoms with Crippen molar-refractivity contribution in [2.75, 3.05) is 6.61 Å². The molecule has 0 aliphatic rings. The van der Waals surface area contributed by atoms with E-state index in [1.165, 1.54) is 6.42 Å². The Hall–Kier alpha value is -0.790. The highest BCUT2D eigenvalue weighted by molar-refractivity contribution is 5.93. The fraction of sp³-hybridized carbons (Fsp3) is 0.769. The predicted molar refractivity (Wildman–Crippen MR) is 70.7 cm³/mol. The molecular formula is C13H29NO. The average Bonchev–Trinajstić information content (AvgIpc) is 2.23. The lowest BCUT2D eigenvalue weighted by molar-refractivity contribution is 0.230. The maximum atomic E-state index is 7.24. The van der Waals surface area contributed by atoms with Crippen molar-refractivity contribution in [3.8, 4) is 0 Å². The molecule has 0 aromatic heterocycles. The quantitative estimate of drug-likeness (QED) is 0.530. The van der Waals surface area contributed by atoms with Crippen LogP contribution in [-0.4, -0.2) is 12.3 Å². The van der Waals surface area contributed by atoms with E-state index in [4.69, 9.17) is 10.1 Å². The lowest BCUT2D eigenvalue weighted by atomic mass is 10.3. The lowest BCUT2D eigenvalue weighted by Crippen LogP contribution is -2.01. The van der Waals surface area contributed by atoms with Crippen LogP contribution in [0.3, 0.4) is 0 Å². The van der Waals surface area contributed by atoms with Crippen molar-refractivity contribution in [2.24, 2.45) is 0 Å². The van der Waals surface area contributed by atoms with E-state index in [1.54, 1.807) is 6.92 Å². The van der Waals surface area contributed by atoms with Crippen LogP contribution in [-0.2, 0) is 4.74 Å². The molecule has 0 heterocycles. The molecule has 2 nitrogen and oxygen atoms in total. The van der Waals surface area contributed by atoms with Crippen LogP contribution in [0.15, 0.2) is 11.8 Å². The third-order valence-electron chi connectivity index (χ3n) is 1.09. The fourth-order valence-electron chi connectivity index (χ4n) is 0.620. The van der Waals surface area contributed by atoms with Crippen molar-refractivity contribution >= 4 is 5.71 Å². The first-order valence-corrected chi connectivity index (χ1v) is 5.98. The molecule has 0 fully saturated rings. The van der Waals surface area contributed by atoms with Gasteiger partial charge in [0.2, 0.25) is 0 Å². The van der Waals surface area contributed by atoms with Crippen molar-refractivity contribution in [3.63, 3.8) is 0 Å². The van der Waals surface area contributed by atoms with Gasteiger partial charge in [-0.25, -0.2) is 0 Å². The molecule has 0 amide bonds. The molecule has 0 aliphatic carbocycles. The standard InChI is InChI=1S/C8H15NO.C3H8.C2H6/c1-4-6-10-8(5-2)7(3)9;1-3-2;1-2/h5,9H,4,6H2,1-3H3;3H2,1-2H3;1-2H3/b8-5+,9-7?;;. The molecule has 0 aromatic carbocycles. The molecular weight excluding hydrogens is 186 g/mol. The molecule has 92 valence electrons. The zero-order chi connectivity index (χ0) is 12.7. The summed E-state index contributed by atoms with van der Waals surface area (Å²) in [6.45, 7) is 14.6. The lowest BCUT2D eigenvalue weighted by Gasteiger charge is -2.05. The SMILES string of the molecule is C/C=C(/OCCC)C(C)=N.CC.CCC. The summed E-state index contributed by atoms with van der Waals surface area (Å²) < 4.78 is 5.24. The van der Waals surface area contributed by atoms with Crippen LogP contribution in [0.2, 0.25) is 0 Å². The van der Waals surface area contributed by atoms with Crippen molar-refractivity contribution in [1.29, 1.82) is 5.41 Å². The van der Waals surface area contributed by atoms with Gasteiger partial charge in [0.15, 0.2) is 0 Å². The summed E-state index contributed by atoms with van der Waals surface area (Å²) in [6.07, 6.45) is 4.06. The fourth-order valence-corrected chi connectivity index (χ4v) is 0.620. The minimum atomic E-state index is 0.496. The molecule has 2 heteroatoms. The number of nitrogens with one attached hydrogen (secondary N) is 1. The zero-order valence-electron chi connectivity index (χ0n) is 11.6. The van der Waals surface area contributed by atoms with Crippen LogP contribution in [0.4, 0.5) is 0 Å². The molecule has 0 atom stereocenters. The van der Waals surface area contributed by atoms with Gasteiger partial charge in [-0.2, -0.15) is 0 Å². The largest absolute Gasteiger partial charge is 0.492 e. The minimum Gasteiger partial charge on any atom is -0.492 e. The molecule has 0 bridgehead atoms. The Balaban J connectivity index is -0.000000245. The minimum absolute atomic E-state index is 0.496. The summed E-state index contributed by atoms with van der Waals surface area (Å²) in [5.74, 6) is 0.696. The van der Waals surface area contributed by atoms with Gasteiger partial charge in [-0.3, -0.25) is 0 Å². The number of hydrogen-bond acceptors (Lipinski definition) is 2. The summed E-state index contributed by atoms with van der Waals surface area (Å²) in [4.78, 5) is 0. The number of hydrogen-bond donors (Lipinski definition) is 1. The Morgan fingerprint density at radius 3 is 1.80 bits per heavy atom. The van der Waals surface area contributed by atoms with Gasteiger partial charge in [0.1, 0.15) is 5.76 Å². The molecule has 0 aliphatic heterocycles. The van der Waals surface area contributed by atoms with E-state index in [0.717, 1.165) is 6.42 Å². The smallest absolute Gasteiger partial charge is 0.135 e. The Labute approximate surface area is 96.2 Å². The summed E-state index contributed by atoms with van der Waals surface area (Å²) in [5.41, 5.74) is 0.496. The second-order valence-corrected chi connectivity index (χ2v) is 2.83. The van der Waals surface area contributed by atoms with Gasteiger partial charge < -0.3 is 10.1 Å². The molecule has 0 spiro atoms. The van der Waals surface area contributed by atoms with Crippen LogP contribution >= 0.6 is 0 Å². The number of rotatable bonds is 4. The molecule has 1 N–H and O–H groups in total. The zero-order valence-corrected chi connectivity index (χ0v) is 11.6. The topological polar surface area (TPSA) is 33.1 Å². The highest BCUT2D eigenvalue weighted by Gasteiger charge is 1.96. The van der Waals surface area contributed by atoms with E-state index in [0.29, 0.717) is 18.1 Å². The summed E-state index contributed by atoms with van der Waals surface area (Å²) in [7, 11) is 0. The third kappa shape index (κ3) is 19.6. The molecule has 0 saturated carbocycles. The van der Waals surface area contributed by atoms with Crippen molar-refractivity contribution in [2.45, 2.75) is 61.3 Å². The van der Waals surface area contributed by atoms with Crippen LogP contribution in [0, 0.1) is 5.41 Å². The molecule has 0 unspecified atom stereocenters. The van der Waals surface area contributed by atoms with Gasteiger partial charge in [0, 0.05) is 0 Å². The van der Waals surface area contributed by atoms with Crippen molar-refractivity contribution in [1.82, 2.24) is 0 Å². The van der Waals surface area contributed by atoms with Gasteiger partial charge in [-0.15, -0.1) is 0 Å². The van der Waals surface area contributed by atoms with Crippen molar-refractivity contribution < 1.29 is 4.74 Å². The van der Waals surface area contributed by atoms with E-state index in [-0.39, 0.29) is 0 Å². The van der Waals surface area contributed by atoms with Gasteiger partial charge in [-0.1, -0.05) is 41.0 Å². The highest BCUT2D eigenvalue weighted by atomic mass is 16.5. The average molecular weight is 215 g/mol. The Morgan fingerprint density at radius 2 is 1.60 bits per heavy atom. The Morgan fingerprint density at radius 1 is 1.20 bits per heavy atom. The number of ether oxygens (including phenoxy) is 1. The predicted octanol–water partition coefficient (Wildman–Crippen LogP) is 4.80.